The number of oxazole rings is 1. The highest BCUT2D eigenvalue weighted by Gasteiger charge is 2.35. The molecule has 4 rings (SSSR count). The monoisotopic (exact) mass is 626 g/mol. The van der Waals surface area contributed by atoms with Gasteiger partial charge in [-0.1, -0.05) is 105 Å². The first-order valence-corrected chi connectivity index (χ1v) is 15.5. The third-order valence-electron chi connectivity index (χ3n) is 7.77. The van der Waals surface area contributed by atoms with E-state index in [1.165, 1.54) is 6.26 Å². The Morgan fingerprint density at radius 3 is 2.02 bits per heavy atom. The van der Waals surface area contributed by atoms with Gasteiger partial charge in [0.05, 0.1) is 12.1 Å². The molecule has 46 heavy (non-hydrogen) atoms. The molecule has 10 heteroatoms. The standard InChI is InChI=1S/C36H42N4O6/c1-24(2)21-31(40(36(44)45)22-27-15-9-5-10-16-27)34(43)38-29(20-19-26-13-7-4-8-14-26)32(41)35-39-30(23-46-35)33(42)37-25(3)28-17-11-6-12-18-28/h4-18,23-25,29,31-32,41H,19-22H2,1-3H3,(H,37,42)(H,38,43)(H,44,45)/t25-,29?,31?,32?/m1/s1. The van der Waals surface area contributed by atoms with Crippen molar-refractivity contribution in [3.63, 3.8) is 0 Å². The van der Waals surface area contributed by atoms with Crippen molar-refractivity contribution >= 4 is 17.9 Å². The molecule has 0 radical (unpaired) electrons. The Hall–Kier alpha value is -4.96. The molecule has 4 atom stereocenters. The van der Waals surface area contributed by atoms with Gasteiger partial charge in [-0.05, 0) is 48.8 Å². The molecule has 4 N–H and O–H groups in total. The number of amides is 3. The molecule has 1 heterocycles. The lowest BCUT2D eigenvalue weighted by Gasteiger charge is -2.32. The molecule has 3 aromatic carbocycles. The molecule has 0 spiro atoms. The molecule has 0 saturated carbocycles. The van der Waals surface area contributed by atoms with Crippen molar-refractivity contribution in [3.05, 3.63) is 126 Å². The fourth-order valence-corrected chi connectivity index (χ4v) is 5.26. The molecule has 3 amide bonds. The van der Waals surface area contributed by atoms with E-state index in [4.69, 9.17) is 4.42 Å². The summed E-state index contributed by atoms with van der Waals surface area (Å²) in [5, 5.41) is 27.4. The highest BCUT2D eigenvalue weighted by atomic mass is 16.4. The number of carbonyl (C=O) groups is 3. The van der Waals surface area contributed by atoms with Gasteiger partial charge in [0.2, 0.25) is 11.8 Å². The number of aliphatic hydroxyl groups excluding tert-OH is 1. The van der Waals surface area contributed by atoms with Crippen LogP contribution in [0.3, 0.4) is 0 Å². The van der Waals surface area contributed by atoms with Gasteiger partial charge in [0, 0.05) is 6.54 Å². The summed E-state index contributed by atoms with van der Waals surface area (Å²) in [4.78, 5) is 44.7. The van der Waals surface area contributed by atoms with Gasteiger partial charge in [-0.2, -0.15) is 0 Å². The highest BCUT2D eigenvalue weighted by Crippen LogP contribution is 2.23. The van der Waals surface area contributed by atoms with E-state index < -0.39 is 36.1 Å². The van der Waals surface area contributed by atoms with E-state index in [9.17, 15) is 24.6 Å². The van der Waals surface area contributed by atoms with E-state index in [1.54, 1.807) is 0 Å². The number of carbonyl (C=O) groups excluding carboxylic acids is 2. The first-order chi connectivity index (χ1) is 22.1. The van der Waals surface area contributed by atoms with Gasteiger partial charge >= 0.3 is 6.09 Å². The van der Waals surface area contributed by atoms with Crippen molar-refractivity contribution in [1.29, 1.82) is 0 Å². The zero-order chi connectivity index (χ0) is 33.1. The largest absolute Gasteiger partial charge is 0.465 e. The number of aromatic nitrogens is 1. The van der Waals surface area contributed by atoms with Crippen LogP contribution in [0, 0.1) is 5.92 Å². The fraction of sp³-hybridized carbons (Fsp3) is 0.333. The molecule has 0 aliphatic carbocycles. The summed E-state index contributed by atoms with van der Waals surface area (Å²) >= 11 is 0. The Morgan fingerprint density at radius 1 is 0.848 bits per heavy atom. The Bertz CT molecular complexity index is 1540. The highest BCUT2D eigenvalue weighted by molar-refractivity contribution is 5.92. The van der Waals surface area contributed by atoms with Gasteiger partial charge in [-0.25, -0.2) is 9.78 Å². The summed E-state index contributed by atoms with van der Waals surface area (Å²) in [6.07, 6.45) is -0.379. The van der Waals surface area contributed by atoms with Crippen LogP contribution in [0.2, 0.25) is 0 Å². The maximum atomic E-state index is 13.9. The molecule has 4 aromatic rings. The number of hydrogen-bond acceptors (Lipinski definition) is 6. The zero-order valence-corrected chi connectivity index (χ0v) is 26.4. The van der Waals surface area contributed by atoms with Gasteiger partial charge in [0.25, 0.3) is 5.91 Å². The van der Waals surface area contributed by atoms with E-state index in [1.807, 2.05) is 112 Å². The van der Waals surface area contributed by atoms with E-state index in [0.717, 1.165) is 21.6 Å². The lowest BCUT2D eigenvalue weighted by Crippen LogP contribution is -2.53. The van der Waals surface area contributed by atoms with Crippen LogP contribution in [0.4, 0.5) is 4.79 Å². The predicted octanol–water partition coefficient (Wildman–Crippen LogP) is 5.91. The van der Waals surface area contributed by atoms with Crippen molar-refractivity contribution in [1.82, 2.24) is 20.5 Å². The van der Waals surface area contributed by atoms with Gasteiger partial charge in [0.1, 0.15) is 12.3 Å². The van der Waals surface area contributed by atoms with Crippen LogP contribution in [0.5, 0.6) is 0 Å². The number of hydrogen-bond donors (Lipinski definition) is 4. The SMILES string of the molecule is CC(C)CC(C(=O)NC(CCc1ccccc1)C(O)c1nc(C(=O)N[C@H](C)c2ccccc2)co1)N(Cc1ccccc1)C(=O)O. The molecule has 3 unspecified atom stereocenters. The Balaban J connectivity index is 1.55. The fourth-order valence-electron chi connectivity index (χ4n) is 5.26. The second kappa shape index (κ2) is 16.4. The molecule has 10 nitrogen and oxygen atoms in total. The van der Waals surface area contributed by atoms with Crippen LogP contribution < -0.4 is 10.6 Å². The van der Waals surface area contributed by atoms with Gasteiger partial charge in [0.15, 0.2) is 11.8 Å². The maximum Gasteiger partial charge on any atom is 0.408 e. The number of rotatable bonds is 15. The van der Waals surface area contributed by atoms with Crippen molar-refractivity contribution in [2.24, 2.45) is 5.92 Å². The summed E-state index contributed by atoms with van der Waals surface area (Å²) in [6, 6.07) is 26.0. The molecule has 0 aliphatic rings. The van der Waals surface area contributed by atoms with E-state index in [0.29, 0.717) is 12.8 Å². The first-order valence-electron chi connectivity index (χ1n) is 15.5. The van der Waals surface area contributed by atoms with Crippen LogP contribution in [0.1, 0.15) is 78.8 Å². The molecule has 0 fully saturated rings. The minimum Gasteiger partial charge on any atom is -0.465 e. The van der Waals surface area contributed by atoms with Crippen LogP contribution in [-0.2, 0) is 17.8 Å². The quantitative estimate of drug-likeness (QED) is 0.128. The number of aliphatic hydroxyl groups is 1. The third kappa shape index (κ3) is 9.52. The summed E-state index contributed by atoms with van der Waals surface area (Å²) in [6.45, 7) is 5.72. The number of nitrogens with zero attached hydrogens (tertiary/aromatic N) is 2. The lowest BCUT2D eigenvalue weighted by molar-refractivity contribution is -0.128. The van der Waals surface area contributed by atoms with E-state index >= 15 is 0 Å². The summed E-state index contributed by atoms with van der Waals surface area (Å²) < 4.78 is 5.56. The van der Waals surface area contributed by atoms with Gasteiger partial charge in [-0.3, -0.25) is 14.5 Å². The average Bonchev–Trinajstić information content (AvgIpc) is 3.56. The molecule has 0 bridgehead atoms. The number of nitrogens with one attached hydrogen (secondary N) is 2. The zero-order valence-electron chi connectivity index (χ0n) is 26.4. The van der Waals surface area contributed by atoms with Crippen molar-refractivity contribution in [2.75, 3.05) is 0 Å². The Labute approximate surface area is 269 Å². The van der Waals surface area contributed by atoms with Crippen molar-refractivity contribution in [3.8, 4) is 0 Å². The molecule has 0 saturated heterocycles. The molecular weight excluding hydrogens is 584 g/mol. The van der Waals surface area contributed by atoms with E-state index in [-0.39, 0.29) is 36.5 Å². The molecular formula is C36H42N4O6. The predicted molar refractivity (Wildman–Crippen MR) is 174 cm³/mol. The first kappa shape index (κ1) is 33.9. The Morgan fingerprint density at radius 2 is 1.43 bits per heavy atom. The third-order valence-corrected chi connectivity index (χ3v) is 7.77. The molecule has 1 aromatic heterocycles. The van der Waals surface area contributed by atoms with Crippen molar-refractivity contribution < 1.29 is 29.0 Å². The number of aryl methyl sites for hydroxylation is 1. The molecule has 242 valence electrons. The molecule has 0 aliphatic heterocycles. The minimum absolute atomic E-state index is 0.00662. The average molecular weight is 627 g/mol. The van der Waals surface area contributed by atoms with E-state index in [2.05, 4.69) is 15.6 Å². The second-order valence-electron chi connectivity index (χ2n) is 11.8. The van der Waals surface area contributed by atoms with Crippen LogP contribution >= 0.6 is 0 Å². The van der Waals surface area contributed by atoms with Crippen molar-refractivity contribution in [2.45, 2.75) is 70.8 Å². The smallest absolute Gasteiger partial charge is 0.408 e. The lowest BCUT2D eigenvalue weighted by atomic mass is 9.98. The number of benzene rings is 3. The van der Waals surface area contributed by atoms with Crippen LogP contribution in [-0.4, -0.2) is 50.1 Å². The van der Waals surface area contributed by atoms with Gasteiger partial charge in [-0.15, -0.1) is 0 Å². The summed E-state index contributed by atoms with van der Waals surface area (Å²) in [7, 11) is 0. The van der Waals surface area contributed by atoms with Crippen LogP contribution in [0.15, 0.2) is 102 Å². The minimum atomic E-state index is -1.41. The van der Waals surface area contributed by atoms with Crippen LogP contribution in [0.25, 0.3) is 0 Å². The van der Waals surface area contributed by atoms with Gasteiger partial charge < -0.3 is 25.3 Å². The summed E-state index contributed by atoms with van der Waals surface area (Å²) in [5.74, 6) is -1.13. The topological polar surface area (TPSA) is 145 Å². The Kier molecular flexibility index (Phi) is 12.1. The maximum absolute atomic E-state index is 13.9. The normalized spacial score (nSPS) is 13.8. The number of carboxylic acid groups (broad SMARTS) is 1. The second-order valence-corrected chi connectivity index (χ2v) is 11.8. The summed E-state index contributed by atoms with van der Waals surface area (Å²) in [5.41, 5.74) is 2.65.